The van der Waals surface area contributed by atoms with E-state index in [2.05, 4.69) is 34.6 Å². The predicted molar refractivity (Wildman–Crippen MR) is 199 cm³/mol. The lowest BCUT2D eigenvalue weighted by Gasteiger charge is -2.70. The van der Waals surface area contributed by atoms with E-state index in [1.54, 1.807) is 0 Å². The Morgan fingerprint density at radius 3 is 1.95 bits per heavy atom. The monoisotopic (exact) mass is 808 g/mol. The number of carboxylic acid groups (broad SMARTS) is 2. The van der Waals surface area contributed by atoms with Gasteiger partial charge in [0.25, 0.3) is 0 Å². The maximum absolute atomic E-state index is 14.8. The number of carbonyl (C=O) groups is 3. The number of allylic oxidation sites excluding steroid dienone is 2. The van der Waals surface area contributed by atoms with Gasteiger partial charge in [-0.05, 0) is 108 Å². The Bertz CT molecular complexity index is 1650. The van der Waals surface area contributed by atoms with E-state index >= 15 is 0 Å². The highest BCUT2D eigenvalue weighted by Gasteiger charge is 2.70. The molecule has 15 heteroatoms. The van der Waals surface area contributed by atoms with Gasteiger partial charge in [0.15, 0.2) is 30.6 Å². The zero-order valence-corrected chi connectivity index (χ0v) is 34.2. The average molecular weight is 809 g/mol. The number of hydrogen-bond acceptors (Lipinski definition) is 13. The predicted octanol–water partition coefficient (Wildman–Crippen LogP) is 2.15. The molecule has 57 heavy (non-hydrogen) atoms. The molecule has 7 rings (SSSR count). The van der Waals surface area contributed by atoms with Crippen LogP contribution in [0.2, 0.25) is 0 Å². The van der Waals surface area contributed by atoms with Crippen molar-refractivity contribution in [1.29, 1.82) is 0 Å². The van der Waals surface area contributed by atoms with E-state index in [4.69, 9.17) is 18.9 Å². The van der Waals surface area contributed by atoms with E-state index in [9.17, 15) is 55.2 Å². The van der Waals surface area contributed by atoms with Crippen molar-refractivity contribution >= 4 is 17.7 Å². The Morgan fingerprint density at radius 2 is 1.33 bits per heavy atom. The Kier molecular flexibility index (Phi) is 10.8. The van der Waals surface area contributed by atoms with Gasteiger partial charge in [0, 0.05) is 12.5 Å². The van der Waals surface area contributed by atoms with E-state index in [-0.39, 0.29) is 51.8 Å². The second kappa shape index (κ2) is 14.3. The maximum atomic E-state index is 14.8. The molecule has 2 saturated heterocycles. The first kappa shape index (κ1) is 43.1. The Labute approximate surface area is 333 Å². The number of aliphatic hydroxyl groups is 6. The van der Waals surface area contributed by atoms with Crippen LogP contribution in [0, 0.1) is 50.2 Å². The molecular formula is C42H64O15. The van der Waals surface area contributed by atoms with Crippen LogP contribution in [-0.4, -0.2) is 133 Å². The van der Waals surface area contributed by atoms with Gasteiger partial charge in [0.05, 0.1) is 6.10 Å². The molecule has 2 aliphatic heterocycles. The van der Waals surface area contributed by atoms with Crippen molar-refractivity contribution < 1.29 is 74.2 Å². The summed E-state index contributed by atoms with van der Waals surface area (Å²) in [6.07, 6.45) is -10.5. The quantitative estimate of drug-likeness (QED) is 0.172. The molecule has 7 aliphatic rings. The van der Waals surface area contributed by atoms with Crippen LogP contribution in [0.1, 0.15) is 106 Å². The number of hydrogen-bond donors (Lipinski definition) is 8. The maximum Gasteiger partial charge on any atom is 0.335 e. The number of ether oxygens (including phenoxy) is 4. The molecule has 0 aromatic heterocycles. The number of aliphatic carboxylic acids is 2. The number of aliphatic hydroxyl groups excluding tert-OH is 6. The molecule has 0 aromatic carbocycles. The first-order chi connectivity index (χ1) is 26.4. The standard InChI is InChI=1S/C42H64O15/c1-37(2)22-8-11-42(7)32(21(44)16-19-20-17-38(3,18-43)12-13-39(20,4)14-15-41(19,42)6)40(22,5)10-9-23(37)54-36-31(27(48)26(47)30(56-36)34(52)53)57-35-28(49)24(45)25(46)29(55-35)33(50)51/h16,20,22-32,35-36,43,45-49H,8-15,17-18H2,1-7H3,(H,50,51)(H,52,53)/t20-,22-,23-,24-,25-,26-,27-,28+,29-,30-,31+,32+,35-,36-,38-,39+,40-,41+,42+/m0/s1. The summed E-state index contributed by atoms with van der Waals surface area (Å²) in [5.41, 5.74) is -0.492. The molecule has 6 fully saturated rings. The van der Waals surface area contributed by atoms with Gasteiger partial charge in [-0.15, -0.1) is 0 Å². The van der Waals surface area contributed by atoms with E-state index in [1.165, 1.54) is 5.57 Å². The van der Waals surface area contributed by atoms with Crippen molar-refractivity contribution in [2.75, 3.05) is 6.61 Å². The third-order valence-corrected chi connectivity index (χ3v) is 17.2. The molecule has 2 heterocycles. The summed E-state index contributed by atoms with van der Waals surface area (Å²) < 4.78 is 23.4. The highest BCUT2D eigenvalue weighted by Crippen LogP contribution is 2.75. The second-order valence-electron chi connectivity index (χ2n) is 20.7. The minimum atomic E-state index is -2.03. The van der Waals surface area contributed by atoms with Crippen molar-refractivity contribution in [3.63, 3.8) is 0 Å². The van der Waals surface area contributed by atoms with Gasteiger partial charge >= 0.3 is 11.9 Å². The van der Waals surface area contributed by atoms with Crippen LogP contribution >= 0.6 is 0 Å². The number of carbonyl (C=O) groups excluding carboxylic acids is 1. The average Bonchev–Trinajstić information content (AvgIpc) is 3.13. The third-order valence-electron chi connectivity index (χ3n) is 17.2. The zero-order valence-electron chi connectivity index (χ0n) is 34.2. The lowest BCUT2D eigenvalue weighted by molar-refractivity contribution is -0.371. The summed E-state index contributed by atoms with van der Waals surface area (Å²) in [5, 5.41) is 83.2. The number of fused-ring (bicyclic) bond motifs is 7. The number of carboxylic acids is 2. The molecule has 0 unspecified atom stereocenters. The lowest BCUT2D eigenvalue weighted by Crippen LogP contribution is -2.68. The number of ketones is 1. The fraction of sp³-hybridized carbons (Fsp3) is 0.881. The van der Waals surface area contributed by atoms with E-state index in [1.807, 2.05) is 19.9 Å². The molecule has 15 nitrogen and oxygen atoms in total. The highest BCUT2D eigenvalue weighted by molar-refractivity contribution is 5.95. The highest BCUT2D eigenvalue weighted by atomic mass is 16.8. The van der Waals surface area contributed by atoms with Gasteiger partial charge in [-0.1, -0.05) is 54.0 Å². The molecular weight excluding hydrogens is 744 g/mol. The Morgan fingerprint density at radius 1 is 0.737 bits per heavy atom. The minimum absolute atomic E-state index is 0.0456. The SMILES string of the molecule is CC1(C)[C@@H](O[C@H]2O[C@H](C(=O)O)[C@@H](O)[C@H](O)[C@H]2O[C@@H]2O[C@H](C(=O)O)[C@@H](O)[C@H](O)[C@H]2O)CC[C@]2(C)[C@H]3C(=O)C=C4[C@@H]5C[C@@](C)(CO)CC[C@]5(C)CC[C@@]4(C)[C@]3(C)CC[C@@H]12. The Balaban J connectivity index is 1.17. The molecule has 0 aromatic rings. The molecule has 322 valence electrons. The molecule has 8 N–H and O–H groups in total. The van der Waals surface area contributed by atoms with E-state index in [0.29, 0.717) is 12.8 Å². The van der Waals surface area contributed by atoms with Crippen LogP contribution in [0.3, 0.4) is 0 Å². The topological polar surface area (TPSA) is 250 Å². The van der Waals surface area contributed by atoms with Crippen molar-refractivity contribution in [1.82, 2.24) is 0 Å². The van der Waals surface area contributed by atoms with Crippen LogP contribution in [0.4, 0.5) is 0 Å². The summed E-state index contributed by atoms with van der Waals surface area (Å²) in [5.74, 6) is -3.20. The van der Waals surface area contributed by atoms with Gasteiger partial charge in [-0.25, -0.2) is 9.59 Å². The first-order valence-electron chi connectivity index (χ1n) is 20.7. The molecule has 0 spiro atoms. The van der Waals surface area contributed by atoms with Crippen molar-refractivity contribution in [3.05, 3.63) is 11.6 Å². The molecule has 0 amide bonds. The van der Waals surface area contributed by atoms with Gasteiger partial charge in [0.2, 0.25) is 0 Å². The lowest BCUT2D eigenvalue weighted by atomic mass is 9.33. The fourth-order valence-electron chi connectivity index (χ4n) is 13.4. The molecule has 4 saturated carbocycles. The van der Waals surface area contributed by atoms with E-state index < -0.39 is 90.3 Å². The van der Waals surface area contributed by atoms with Crippen molar-refractivity contribution in [2.24, 2.45) is 50.2 Å². The van der Waals surface area contributed by atoms with Crippen LogP contribution in [0.15, 0.2) is 11.6 Å². The third kappa shape index (κ3) is 6.39. The molecule has 0 radical (unpaired) electrons. The fourth-order valence-corrected chi connectivity index (χ4v) is 13.4. The first-order valence-corrected chi connectivity index (χ1v) is 20.7. The van der Waals surface area contributed by atoms with Gasteiger partial charge in [-0.2, -0.15) is 0 Å². The normalized spacial score (nSPS) is 53.4. The molecule has 19 atom stereocenters. The van der Waals surface area contributed by atoms with E-state index in [0.717, 1.165) is 44.9 Å². The Hall–Kier alpha value is -2.05. The minimum Gasteiger partial charge on any atom is -0.479 e. The van der Waals surface area contributed by atoms with Gasteiger partial charge in [0.1, 0.15) is 36.6 Å². The second-order valence-corrected chi connectivity index (χ2v) is 20.7. The van der Waals surface area contributed by atoms with Gasteiger partial charge in [-0.3, -0.25) is 4.79 Å². The van der Waals surface area contributed by atoms with Crippen LogP contribution in [0.5, 0.6) is 0 Å². The van der Waals surface area contributed by atoms with Crippen LogP contribution in [0.25, 0.3) is 0 Å². The summed E-state index contributed by atoms with van der Waals surface area (Å²) in [7, 11) is 0. The van der Waals surface area contributed by atoms with Crippen molar-refractivity contribution in [2.45, 2.75) is 174 Å². The zero-order chi connectivity index (χ0) is 42.0. The summed E-state index contributed by atoms with van der Waals surface area (Å²) in [6, 6.07) is 0. The smallest absolute Gasteiger partial charge is 0.335 e. The van der Waals surface area contributed by atoms with Crippen LogP contribution in [-0.2, 0) is 33.3 Å². The summed E-state index contributed by atoms with van der Waals surface area (Å²) in [4.78, 5) is 38.8. The van der Waals surface area contributed by atoms with Crippen molar-refractivity contribution in [3.8, 4) is 0 Å². The summed E-state index contributed by atoms with van der Waals surface area (Å²) in [6.45, 7) is 15.7. The largest absolute Gasteiger partial charge is 0.479 e. The van der Waals surface area contributed by atoms with Crippen LogP contribution < -0.4 is 0 Å². The summed E-state index contributed by atoms with van der Waals surface area (Å²) >= 11 is 0. The van der Waals surface area contributed by atoms with Gasteiger partial charge < -0.3 is 59.8 Å². The molecule has 0 bridgehead atoms. The number of rotatable bonds is 7. The molecule has 5 aliphatic carbocycles.